The molecule has 16 heavy (non-hydrogen) atoms. The third-order valence-corrected chi connectivity index (χ3v) is 2.70. The Bertz CT molecular complexity index is 403. The third kappa shape index (κ3) is 2.83. The lowest BCUT2D eigenvalue weighted by Gasteiger charge is -2.04. The summed E-state index contributed by atoms with van der Waals surface area (Å²) in [5.74, 6) is -0.612. The van der Waals surface area contributed by atoms with Crippen LogP contribution in [0.1, 0.15) is 16.8 Å². The first-order chi connectivity index (χ1) is 7.56. The largest absolute Gasteiger partial charge is 0.382 e. The number of hydrogen-bond donors (Lipinski definition) is 4. The van der Waals surface area contributed by atoms with E-state index in [-0.39, 0.29) is 17.3 Å². The van der Waals surface area contributed by atoms with Gasteiger partial charge in [-0.05, 0) is 11.5 Å². The number of nitrogens with zero attached hydrogens (tertiary/aromatic N) is 1. The van der Waals surface area contributed by atoms with E-state index < -0.39 is 5.91 Å². The lowest BCUT2D eigenvalue weighted by molar-refractivity contribution is -0.120. The Morgan fingerprint density at radius 2 is 2.19 bits per heavy atom. The zero-order valence-electron chi connectivity index (χ0n) is 8.74. The van der Waals surface area contributed by atoms with Crippen LogP contribution >= 0.6 is 11.5 Å². The number of rotatable bonds is 5. The van der Waals surface area contributed by atoms with Crippen molar-refractivity contribution in [2.75, 3.05) is 24.6 Å². The number of nitrogens with two attached hydrogens (primary N) is 2. The first kappa shape index (κ1) is 12.2. The minimum atomic E-state index is -0.631. The molecule has 1 aromatic rings. The fourth-order valence-electron chi connectivity index (χ4n) is 1.08. The van der Waals surface area contributed by atoms with E-state index in [2.05, 4.69) is 15.0 Å². The monoisotopic (exact) mass is 243 g/mol. The van der Waals surface area contributed by atoms with E-state index in [0.29, 0.717) is 18.0 Å². The van der Waals surface area contributed by atoms with Crippen LogP contribution < -0.4 is 22.1 Å². The summed E-state index contributed by atoms with van der Waals surface area (Å²) in [5.41, 5.74) is 10.8. The van der Waals surface area contributed by atoms with E-state index in [4.69, 9.17) is 11.5 Å². The van der Waals surface area contributed by atoms with Crippen LogP contribution in [0.5, 0.6) is 0 Å². The maximum atomic E-state index is 11.0. The number of nitrogens with one attached hydrogen (secondary N) is 2. The number of nitrogen functional groups attached to an aromatic ring is 1. The summed E-state index contributed by atoms with van der Waals surface area (Å²) in [6.07, 6.45) is 0.298. The highest BCUT2D eigenvalue weighted by Gasteiger charge is 2.16. The van der Waals surface area contributed by atoms with Gasteiger partial charge in [0.1, 0.15) is 10.6 Å². The summed E-state index contributed by atoms with van der Waals surface area (Å²) < 4.78 is 3.81. The molecular weight excluding hydrogens is 230 g/mol. The van der Waals surface area contributed by atoms with Gasteiger partial charge in [0.2, 0.25) is 5.91 Å². The van der Waals surface area contributed by atoms with E-state index >= 15 is 0 Å². The first-order valence-electron chi connectivity index (χ1n) is 4.55. The van der Waals surface area contributed by atoms with E-state index in [1.165, 1.54) is 0 Å². The molecule has 0 saturated carbocycles. The molecular formula is C8H13N5O2S. The molecule has 0 spiro atoms. The van der Waals surface area contributed by atoms with Gasteiger partial charge in [0.15, 0.2) is 5.82 Å². The maximum Gasteiger partial charge on any atom is 0.255 e. The van der Waals surface area contributed by atoms with Gasteiger partial charge in [-0.2, -0.15) is 4.37 Å². The Kier molecular flexibility index (Phi) is 4.06. The Balaban J connectivity index is 2.61. The summed E-state index contributed by atoms with van der Waals surface area (Å²) in [6.45, 7) is 0.390. The van der Waals surface area contributed by atoms with Crippen LogP contribution in [0.25, 0.3) is 0 Å². The molecule has 0 unspecified atom stereocenters. The first-order valence-corrected chi connectivity index (χ1v) is 5.33. The molecule has 1 rings (SSSR count). The van der Waals surface area contributed by atoms with Crippen molar-refractivity contribution >= 4 is 34.2 Å². The van der Waals surface area contributed by atoms with Crippen molar-refractivity contribution in [3.63, 3.8) is 0 Å². The highest BCUT2D eigenvalue weighted by atomic mass is 32.1. The molecule has 0 saturated heterocycles. The zero-order chi connectivity index (χ0) is 12.1. The molecule has 1 aromatic heterocycles. The Morgan fingerprint density at radius 3 is 2.75 bits per heavy atom. The van der Waals surface area contributed by atoms with Crippen molar-refractivity contribution in [1.29, 1.82) is 0 Å². The quantitative estimate of drug-likeness (QED) is 0.548. The van der Waals surface area contributed by atoms with E-state index in [1.807, 2.05) is 0 Å². The van der Waals surface area contributed by atoms with Gasteiger partial charge in [-0.3, -0.25) is 9.59 Å². The van der Waals surface area contributed by atoms with Crippen molar-refractivity contribution in [1.82, 2.24) is 9.69 Å². The number of aromatic nitrogens is 1. The topological polar surface area (TPSA) is 123 Å². The van der Waals surface area contributed by atoms with Crippen molar-refractivity contribution in [2.24, 2.45) is 5.73 Å². The van der Waals surface area contributed by atoms with Crippen molar-refractivity contribution in [3.05, 3.63) is 5.56 Å². The molecule has 0 atom stereocenters. The standard InChI is InChI=1S/C8H13N5O2S/c1-11-4(14)2-3-12-8-5(7(10)15)6(9)13-16-8/h12H,2-3H2,1H3,(H2,9,13)(H2,10,15)(H,11,14). The minimum absolute atomic E-state index is 0.0920. The molecule has 8 heteroatoms. The maximum absolute atomic E-state index is 11.0. The molecule has 0 aliphatic rings. The summed E-state index contributed by atoms with van der Waals surface area (Å²) in [7, 11) is 1.56. The average Bonchev–Trinajstić information content (AvgIpc) is 2.59. The van der Waals surface area contributed by atoms with Gasteiger partial charge < -0.3 is 22.1 Å². The number of hydrogen-bond acceptors (Lipinski definition) is 6. The van der Waals surface area contributed by atoms with E-state index in [1.54, 1.807) is 7.05 Å². The van der Waals surface area contributed by atoms with Crippen molar-refractivity contribution < 1.29 is 9.59 Å². The molecule has 0 aromatic carbocycles. The van der Waals surface area contributed by atoms with Crippen LogP contribution in [0.3, 0.4) is 0 Å². The second-order valence-corrected chi connectivity index (χ2v) is 3.76. The molecule has 88 valence electrons. The highest BCUT2D eigenvalue weighted by molar-refractivity contribution is 7.11. The molecule has 0 aliphatic carbocycles. The van der Waals surface area contributed by atoms with Gasteiger partial charge in [-0.25, -0.2) is 0 Å². The van der Waals surface area contributed by atoms with Crippen molar-refractivity contribution in [2.45, 2.75) is 6.42 Å². The number of amides is 2. The van der Waals surface area contributed by atoms with Gasteiger partial charge in [-0.15, -0.1) is 0 Å². The Hall–Kier alpha value is -1.83. The Labute approximate surface area is 96.4 Å². The second-order valence-electron chi connectivity index (χ2n) is 2.99. The molecule has 0 radical (unpaired) electrons. The lowest BCUT2D eigenvalue weighted by atomic mass is 10.3. The molecule has 7 nitrogen and oxygen atoms in total. The highest BCUT2D eigenvalue weighted by Crippen LogP contribution is 2.25. The molecule has 0 bridgehead atoms. The average molecular weight is 243 g/mol. The van der Waals surface area contributed by atoms with E-state index in [0.717, 1.165) is 11.5 Å². The lowest BCUT2D eigenvalue weighted by Crippen LogP contribution is -2.21. The van der Waals surface area contributed by atoms with Gasteiger partial charge in [0.25, 0.3) is 5.91 Å². The number of carbonyl (C=O) groups excluding carboxylic acids is 2. The van der Waals surface area contributed by atoms with Gasteiger partial charge >= 0.3 is 0 Å². The molecule has 2 amide bonds. The minimum Gasteiger partial charge on any atom is -0.382 e. The predicted molar refractivity (Wildman–Crippen MR) is 62.2 cm³/mol. The number of anilines is 2. The van der Waals surface area contributed by atoms with E-state index in [9.17, 15) is 9.59 Å². The fourth-order valence-corrected chi connectivity index (χ4v) is 1.82. The van der Waals surface area contributed by atoms with Crippen LogP contribution in [0.4, 0.5) is 10.8 Å². The zero-order valence-corrected chi connectivity index (χ0v) is 9.56. The summed E-state index contributed by atoms with van der Waals surface area (Å²) in [6, 6.07) is 0. The molecule has 0 fully saturated rings. The van der Waals surface area contributed by atoms with Crippen LogP contribution in [0.2, 0.25) is 0 Å². The Morgan fingerprint density at radius 1 is 1.50 bits per heavy atom. The van der Waals surface area contributed by atoms with Crippen LogP contribution in [0.15, 0.2) is 0 Å². The molecule has 6 N–H and O–H groups in total. The number of primary amides is 1. The van der Waals surface area contributed by atoms with Crippen LogP contribution in [-0.4, -0.2) is 29.8 Å². The van der Waals surface area contributed by atoms with Gasteiger partial charge in [0.05, 0.1) is 0 Å². The van der Waals surface area contributed by atoms with Crippen LogP contribution in [0, 0.1) is 0 Å². The molecule has 1 heterocycles. The van der Waals surface area contributed by atoms with Gasteiger partial charge in [-0.1, -0.05) is 0 Å². The third-order valence-electron chi connectivity index (χ3n) is 1.88. The van der Waals surface area contributed by atoms with Gasteiger partial charge in [0, 0.05) is 20.0 Å². The summed E-state index contributed by atoms with van der Waals surface area (Å²) in [5, 5.41) is 5.88. The fraction of sp³-hybridized carbons (Fsp3) is 0.375. The SMILES string of the molecule is CNC(=O)CCNc1snc(N)c1C(N)=O. The summed E-state index contributed by atoms with van der Waals surface area (Å²) in [4.78, 5) is 22.0. The van der Waals surface area contributed by atoms with Crippen LogP contribution in [-0.2, 0) is 4.79 Å². The normalized spacial score (nSPS) is 9.81. The molecule has 0 aliphatic heterocycles. The summed E-state index contributed by atoms with van der Waals surface area (Å²) >= 11 is 1.05. The second kappa shape index (κ2) is 5.31. The predicted octanol–water partition coefficient (Wildman–Crippen LogP) is -0.628. The smallest absolute Gasteiger partial charge is 0.255 e. The number of carbonyl (C=O) groups is 2. The van der Waals surface area contributed by atoms with Crippen molar-refractivity contribution in [3.8, 4) is 0 Å².